The van der Waals surface area contributed by atoms with Crippen molar-refractivity contribution in [3.05, 3.63) is 53.3 Å². The van der Waals surface area contributed by atoms with Crippen molar-refractivity contribution in [2.45, 2.75) is 13.8 Å². The highest BCUT2D eigenvalue weighted by atomic mass is 19.1. The zero-order chi connectivity index (χ0) is 12.4. The van der Waals surface area contributed by atoms with Crippen LogP contribution < -0.4 is 10.5 Å². The summed E-state index contributed by atoms with van der Waals surface area (Å²) in [6.45, 7) is 3.80. The molecule has 88 valence electrons. The molecule has 0 aliphatic rings. The Bertz CT molecular complexity index is 532. The summed E-state index contributed by atoms with van der Waals surface area (Å²) in [5.74, 6) is 0.817. The molecule has 0 bridgehead atoms. The third kappa shape index (κ3) is 2.75. The molecule has 3 heteroatoms. The summed E-state index contributed by atoms with van der Waals surface area (Å²) in [6, 6.07) is 9.90. The number of aryl methyl sites for hydroxylation is 2. The van der Waals surface area contributed by atoms with Crippen LogP contribution in [0.15, 0.2) is 36.4 Å². The van der Waals surface area contributed by atoms with E-state index >= 15 is 0 Å². The van der Waals surface area contributed by atoms with E-state index in [0.29, 0.717) is 17.2 Å². The highest BCUT2D eigenvalue weighted by Crippen LogP contribution is 2.27. The van der Waals surface area contributed by atoms with Gasteiger partial charge in [0.25, 0.3) is 0 Å². The number of hydrogen-bond acceptors (Lipinski definition) is 2. The number of nitrogens with two attached hydrogens (primary N) is 1. The van der Waals surface area contributed by atoms with Gasteiger partial charge in [-0.2, -0.15) is 0 Å². The minimum atomic E-state index is -0.314. The van der Waals surface area contributed by atoms with Crippen LogP contribution in [0.4, 0.5) is 10.1 Å². The smallest absolute Gasteiger partial charge is 0.133 e. The topological polar surface area (TPSA) is 35.2 Å². The first-order valence-electron chi connectivity index (χ1n) is 5.36. The van der Waals surface area contributed by atoms with Crippen LogP contribution in [0.5, 0.6) is 11.5 Å². The predicted octanol–water partition coefficient (Wildman–Crippen LogP) is 3.82. The maximum Gasteiger partial charge on any atom is 0.133 e. The van der Waals surface area contributed by atoms with Crippen molar-refractivity contribution in [1.29, 1.82) is 0 Å². The molecular weight excluding hydrogens is 217 g/mol. The molecule has 0 unspecified atom stereocenters. The number of ether oxygens (including phenoxy) is 1. The largest absolute Gasteiger partial charge is 0.457 e. The summed E-state index contributed by atoms with van der Waals surface area (Å²) in [6.07, 6.45) is 0. The van der Waals surface area contributed by atoms with Gasteiger partial charge in [-0.1, -0.05) is 6.07 Å². The molecule has 0 heterocycles. The van der Waals surface area contributed by atoms with Gasteiger partial charge < -0.3 is 10.5 Å². The molecule has 2 aromatic carbocycles. The maximum atomic E-state index is 13.1. The summed E-state index contributed by atoms with van der Waals surface area (Å²) >= 11 is 0. The average Bonchev–Trinajstić information content (AvgIpc) is 2.22. The van der Waals surface area contributed by atoms with Crippen molar-refractivity contribution in [3.63, 3.8) is 0 Å². The van der Waals surface area contributed by atoms with Gasteiger partial charge in [0.15, 0.2) is 0 Å². The first kappa shape index (κ1) is 11.5. The van der Waals surface area contributed by atoms with Crippen LogP contribution in [0.2, 0.25) is 0 Å². The Morgan fingerprint density at radius 2 is 1.82 bits per heavy atom. The monoisotopic (exact) mass is 231 g/mol. The number of hydrogen-bond donors (Lipinski definition) is 1. The number of nitrogen functional groups attached to an aromatic ring is 1. The second-order valence-electron chi connectivity index (χ2n) is 4.09. The van der Waals surface area contributed by atoms with Crippen molar-refractivity contribution < 1.29 is 9.13 Å². The molecule has 0 radical (unpaired) electrons. The molecule has 0 atom stereocenters. The highest BCUT2D eigenvalue weighted by molar-refractivity contribution is 5.49. The summed E-state index contributed by atoms with van der Waals surface area (Å²) in [5.41, 5.74) is 8.25. The van der Waals surface area contributed by atoms with Gasteiger partial charge in [0, 0.05) is 17.8 Å². The first-order valence-corrected chi connectivity index (χ1v) is 5.36. The molecule has 0 aromatic heterocycles. The van der Waals surface area contributed by atoms with Crippen molar-refractivity contribution >= 4 is 5.69 Å². The van der Waals surface area contributed by atoms with E-state index in [4.69, 9.17) is 10.5 Å². The Labute approximate surface area is 99.8 Å². The molecule has 2 rings (SSSR count). The lowest BCUT2D eigenvalue weighted by molar-refractivity contribution is 0.473. The van der Waals surface area contributed by atoms with Gasteiger partial charge in [-0.15, -0.1) is 0 Å². The lowest BCUT2D eigenvalue weighted by Gasteiger charge is -2.10. The lowest BCUT2D eigenvalue weighted by atomic mass is 10.2. The van der Waals surface area contributed by atoms with Crippen LogP contribution >= 0.6 is 0 Å². The van der Waals surface area contributed by atoms with Crippen LogP contribution in [0.1, 0.15) is 11.1 Å². The Hall–Kier alpha value is -2.03. The summed E-state index contributed by atoms with van der Waals surface area (Å²) < 4.78 is 18.7. The van der Waals surface area contributed by atoms with Gasteiger partial charge in [-0.05, 0) is 43.2 Å². The van der Waals surface area contributed by atoms with E-state index in [9.17, 15) is 4.39 Å². The van der Waals surface area contributed by atoms with Gasteiger partial charge in [0.1, 0.15) is 17.3 Å². The standard InChI is InChI=1S/C14H14FNO/c1-9-5-12(16)8-13(6-9)17-14-7-11(15)4-3-10(14)2/h3-8H,16H2,1-2H3. The van der Waals surface area contributed by atoms with E-state index in [1.807, 2.05) is 26.0 Å². The van der Waals surface area contributed by atoms with Crippen molar-refractivity contribution in [1.82, 2.24) is 0 Å². The number of benzene rings is 2. The zero-order valence-corrected chi connectivity index (χ0v) is 9.83. The molecule has 0 saturated heterocycles. The third-order valence-corrected chi connectivity index (χ3v) is 2.45. The normalized spacial score (nSPS) is 10.3. The Morgan fingerprint density at radius 3 is 2.53 bits per heavy atom. The highest BCUT2D eigenvalue weighted by Gasteiger charge is 2.04. The van der Waals surface area contributed by atoms with E-state index < -0.39 is 0 Å². The van der Waals surface area contributed by atoms with E-state index in [2.05, 4.69) is 0 Å². The molecule has 2 nitrogen and oxygen atoms in total. The molecule has 0 spiro atoms. The zero-order valence-electron chi connectivity index (χ0n) is 9.83. The van der Waals surface area contributed by atoms with Crippen molar-refractivity contribution in [2.24, 2.45) is 0 Å². The van der Waals surface area contributed by atoms with Gasteiger partial charge in [0.2, 0.25) is 0 Å². The van der Waals surface area contributed by atoms with E-state index in [0.717, 1.165) is 11.1 Å². The van der Waals surface area contributed by atoms with E-state index in [1.54, 1.807) is 12.1 Å². The second kappa shape index (κ2) is 4.45. The van der Waals surface area contributed by atoms with Crippen LogP contribution in [0, 0.1) is 19.7 Å². The van der Waals surface area contributed by atoms with Gasteiger partial charge >= 0.3 is 0 Å². The molecule has 2 N–H and O–H groups in total. The van der Waals surface area contributed by atoms with Gasteiger partial charge in [-0.25, -0.2) is 4.39 Å². The fraction of sp³-hybridized carbons (Fsp3) is 0.143. The summed E-state index contributed by atoms with van der Waals surface area (Å²) in [5, 5.41) is 0. The van der Waals surface area contributed by atoms with Gasteiger partial charge in [0.05, 0.1) is 0 Å². The molecule has 0 amide bonds. The maximum absolute atomic E-state index is 13.1. The van der Waals surface area contributed by atoms with Crippen LogP contribution in [0.25, 0.3) is 0 Å². The molecule has 0 aliphatic heterocycles. The Balaban J connectivity index is 2.34. The fourth-order valence-electron chi connectivity index (χ4n) is 1.65. The number of halogens is 1. The van der Waals surface area contributed by atoms with Crippen LogP contribution in [0.3, 0.4) is 0 Å². The molecular formula is C14H14FNO. The minimum absolute atomic E-state index is 0.314. The SMILES string of the molecule is Cc1cc(N)cc(Oc2cc(F)ccc2C)c1. The lowest BCUT2D eigenvalue weighted by Crippen LogP contribution is -1.92. The molecule has 2 aromatic rings. The first-order chi connectivity index (χ1) is 8.04. The van der Waals surface area contributed by atoms with Crippen molar-refractivity contribution in [2.75, 3.05) is 5.73 Å². The minimum Gasteiger partial charge on any atom is -0.457 e. The van der Waals surface area contributed by atoms with E-state index in [-0.39, 0.29) is 5.82 Å². The molecule has 0 aliphatic carbocycles. The number of rotatable bonds is 2. The quantitative estimate of drug-likeness (QED) is 0.797. The number of anilines is 1. The second-order valence-corrected chi connectivity index (χ2v) is 4.09. The summed E-state index contributed by atoms with van der Waals surface area (Å²) in [7, 11) is 0. The molecule has 0 saturated carbocycles. The van der Waals surface area contributed by atoms with Crippen molar-refractivity contribution in [3.8, 4) is 11.5 Å². The summed E-state index contributed by atoms with van der Waals surface area (Å²) in [4.78, 5) is 0. The predicted molar refractivity (Wildman–Crippen MR) is 66.8 cm³/mol. The van der Waals surface area contributed by atoms with E-state index in [1.165, 1.54) is 12.1 Å². The fourth-order valence-corrected chi connectivity index (χ4v) is 1.65. The Kier molecular flexibility index (Phi) is 3.00. The molecule has 0 fully saturated rings. The van der Waals surface area contributed by atoms with Crippen LogP contribution in [-0.4, -0.2) is 0 Å². The van der Waals surface area contributed by atoms with Crippen LogP contribution in [-0.2, 0) is 0 Å². The third-order valence-electron chi connectivity index (χ3n) is 2.45. The average molecular weight is 231 g/mol. The van der Waals surface area contributed by atoms with Gasteiger partial charge in [-0.3, -0.25) is 0 Å². The Morgan fingerprint density at radius 1 is 1.06 bits per heavy atom. The molecule has 17 heavy (non-hydrogen) atoms.